The first kappa shape index (κ1) is 15.7. The van der Waals surface area contributed by atoms with Crippen LogP contribution in [0.4, 0.5) is 0 Å². The maximum absolute atomic E-state index is 11.9. The Kier molecular flexibility index (Phi) is 4.87. The molecule has 0 radical (unpaired) electrons. The number of nitrogens with one attached hydrogen (secondary N) is 1. The van der Waals surface area contributed by atoms with Crippen LogP contribution in [0.15, 0.2) is 73.3 Å². The predicted molar refractivity (Wildman–Crippen MR) is 95.6 cm³/mol. The quantitative estimate of drug-likeness (QED) is 0.732. The van der Waals surface area contributed by atoms with Crippen molar-refractivity contribution in [2.75, 3.05) is 0 Å². The number of carbonyl (C=O) groups is 1. The first-order chi connectivity index (χ1) is 11.7. The molecule has 0 unspecified atom stereocenters. The Morgan fingerprint density at radius 1 is 1.12 bits per heavy atom. The number of nitrogens with zero attached hydrogens (tertiary/aromatic N) is 2. The highest BCUT2D eigenvalue weighted by molar-refractivity contribution is 5.91. The molecule has 0 saturated heterocycles. The lowest BCUT2D eigenvalue weighted by Gasteiger charge is -2.05. The Bertz CT molecular complexity index is 816. The smallest absolute Gasteiger partial charge is 0.244 e. The molecule has 120 valence electrons. The van der Waals surface area contributed by atoms with Crippen molar-refractivity contribution in [1.82, 2.24) is 14.9 Å². The summed E-state index contributed by atoms with van der Waals surface area (Å²) in [5, 5.41) is 2.89. The molecule has 0 aliphatic carbocycles. The molecule has 0 bridgehead atoms. The van der Waals surface area contributed by atoms with Crippen LogP contribution in [-0.2, 0) is 11.3 Å². The van der Waals surface area contributed by atoms with Crippen LogP contribution in [0.2, 0.25) is 0 Å². The van der Waals surface area contributed by atoms with Gasteiger partial charge in [-0.1, -0.05) is 42.0 Å². The fraction of sp³-hybridized carbons (Fsp3) is 0.100. The fourth-order valence-electron chi connectivity index (χ4n) is 2.30. The summed E-state index contributed by atoms with van der Waals surface area (Å²) in [6.45, 7) is 2.54. The number of rotatable bonds is 5. The molecule has 0 spiro atoms. The van der Waals surface area contributed by atoms with Gasteiger partial charge in [-0.15, -0.1) is 0 Å². The van der Waals surface area contributed by atoms with Gasteiger partial charge >= 0.3 is 0 Å². The number of amides is 1. The van der Waals surface area contributed by atoms with Gasteiger partial charge in [0.15, 0.2) is 0 Å². The summed E-state index contributed by atoms with van der Waals surface area (Å²) < 4.78 is 1.94. The second kappa shape index (κ2) is 7.42. The van der Waals surface area contributed by atoms with Gasteiger partial charge in [-0.05, 0) is 36.3 Å². The van der Waals surface area contributed by atoms with E-state index >= 15 is 0 Å². The SMILES string of the molecule is Cc1ccc(/C=C/C(=O)NCc2ccc(-n3ccnc3)cc2)cc1. The Labute approximate surface area is 141 Å². The molecule has 1 N–H and O–H groups in total. The Morgan fingerprint density at radius 2 is 1.88 bits per heavy atom. The van der Waals surface area contributed by atoms with Gasteiger partial charge in [-0.2, -0.15) is 0 Å². The summed E-state index contributed by atoms with van der Waals surface area (Å²) in [6, 6.07) is 16.1. The Hall–Kier alpha value is -3.14. The summed E-state index contributed by atoms with van der Waals surface area (Å²) in [4.78, 5) is 15.9. The molecule has 1 amide bonds. The molecule has 3 aromatic rings. The van der Waals surface area contributed by atoms with Crippen molar-refractivity contribution in [3.63, 3.8) is 0 Å². The van der Waals surface area contributed by atoms with Crippen molar-refractivity contribution < 1.29 is 4.79 Å². The molecule has 0 aliphatic rings. The van der Waals surface area contributed by atoms with Gasteiger partial charge in [0.2, 0.25) is 5.91 Å². The van der Waals surface area contributed by atoms with E-state index in [1.54, 1.807) is 18.6 Å². The van der Waals surface area contributed by atoms with Crippen LogP contribution in [0, 0.1) is 6.92 Å². The third-order valence-electron chi connectivity index (χ3n) is 3.71. The highest BCUT2D eigenvalue weighted by atomic mass is 16.1. The number of carbonyl (C=O) groups excluding carboxylic acids is 1. The van der Waals surface area contributed by atoms with Crippen molar-refractivity contribution in [1.29, 1.82) is 0 Å². The molecule has 1 aromatic heterocycles. The molecule has 24 heavy (non-hydrogen) atoms. The minimum Gasteiger partial charge on any atom is -0.348 e. The normalized spacial score (nSPS) is 10.9. The monoisotopic (exact) mass is 317 g/mol. The van der Waals surface area contributed by atoms with Crippen molar-refractivity contribution in [2.24, 2.45) is 0 Å². The van der Waals surface area contributed by atoms with Crippen LogP contribution in [0.5, 0.6) is 0 Å². The predicted octanol–water partition coefficient (Wildman–Crippen LogP) is 3.51. The number of benzene rings is 2. The van der Waals surface area contributed by atoms with Crippen molar-refractivity contribution in [2.45, 2.75) is 13.5 Å². The van der Waals surface area contributed by atoms with E-state index in [2.05, 4.69) is 10.3 Å². The second-order valence-corrected chi connectivity index (χ2v) is 5.60. The maximum atomic E-state index is 11.9. The number of aromatic nitrogens is 2. The Balaban J connectivity index is 1.53. The molecular weight excluding hydrogens is 298 g/mol. The number of imidazole rings is 1. The van der Waals surface area contributed by atoms with E-state index in [0.717, 1.165) is 16.8 Å². The van der Waals surface area contributed by atoms with Crippen molar-refractivity contribution >= 4 is 12.0 Å². The summed E-state index contributed by atoms with van der Waals surface area (Å²) in [5.41, 5.74) is 4.31. The van der Waals surface area contributed by atoms with Gasteiger partial charge in [-0.25, -0.2) is 4.98 Å². The lowest BCUT2D eigenvalue weighted by Crippen LogP contribution is -2.20. The van der Waals surface area contributed by atoms with Gasteiger partial charge in [0.05, 0.1) is 6.33 Å². The third kappa shape index (κ3) is 4.20. The van der Waals surface area contributed by atoms with E-state index in [0.29, 0.717) is 6.54 Å². The Morgan fingerprint density at radius 3 is 2.54 bits per heavy atom. The topological polar surface area (TPSA) is 46.9 Å². The van der Waals surface area contributed by atoms with Crippen LogP contribution >= 0.6 is 0 Å². The van der Waals surface area contributed by atoms with Gasteiger partial charge < -0.3 is 9.88 Å². The summed E-state index contributed by atoms with van der Waals surface area (Å²) >= 11 is 0. The van der Waals surface area contributed by atoms with E-state index in [1.807, 2.05) is 72.3 Å². The van der Waals surface area contributed by atoms with E-state index in [1.165, 1.54) is 5.56 Å². The zero-order chi connectivity index (χ0) is 16.8. The average molecular weight is 317 g/mol. The molecular formula is C20H19N3O. The van der Waals surface area contributed by atoms with E-state index in [-0.39, 0.29) is 5.91 Å². The molecule has 0 atom stereocenters. The van der Waals surface area contributed by atoms with Crippen LogP contribution in [0.25, 0.3) is 11.8 Å². The van der Waals surface area contributed by atoms with Gasteiger partial charge in [-0.3, -0.25) is 4.79 Å². The third-order valence-corrected chi connectivity index (χ3v) is 3.71. The molecule has 0 fully saturated rings. The molecule has 0 aliphatic heterocycles. The van der Waals surface area contributed by atoms with Crippen molar-refractivity contribution in [3.8, 4) is 5.69 Å². The summed E-state index contributed by atoms with van der Waals surface area (Å²) in [6.07, 6.45) is 8.77. The zero-order valence-electron chi connectivity index (χ0n) is 13.5. The standard InChI is InChI=1S/C20H19N3O/c1-16-2-4-17(5-3-16)8-11-20(24)22-14-18-6-9-19(10-7-18)23-13-12-21-15-23/h2-13,15H,14H2,1H3,(H,22,24)/b11-8+. The summed E-state index contributed by atoms with van der Waals surface area (Å²) in [7, 11) is 0. The lowest BCUT2D eigenvalue weighted by molar-refractivity contribution is -0.116. The van der Waals surface area contributed by atoms with Gasteiger partial charge in [0.25, 0.3) is 0 Å². The van der Waals surface area contributed by atoms with E-state index < -0.39 is 0 Å². The summed E-state index contributed by atoms with van der Waals surface area (Å²) in [5.74, 6) is -0.103. The number of aryl methyl sites for hydroxylation is 1. The average Bonchev–Trinajstić information content (AvgIpc) is 3.14. The molecule has 2 aromatic carbocycles. The van der Waals surface area contributed by atoms with E-state index in [9.17, 15) is 4.79 Å². The molecule has 3 rings (SSSR count). The van der Waals surface area contributed by atoms with Crippen molar-refractivity contribution in [3.05, 3.63) is 90.0 Å². The van der Waals surface area contributed by atoms with Gasteiger partial charge in [0.1, 0.15) is 0 Å². The highest BCUT2D eigenvalue weighted by Crippen LogP contribution is 2.09. The first-order valence-electron chi connectivity index (χ1n) is 7.80. The lowest BCUT2D eigenvalue weighted by atomic mass is 10.1. The zero-order valence-corrected chi connectivity index (χ0v) is 13.5. The largest absolute Gasteiger partial charge is 0.348 e. The van der Waals surface area contributed by atoms with E-state index in [4.69, 9.17) is 0 Å². The molecule has 4 heteroatoms. The highest BCUT2D eigenvalue weighted by Gasteiger charge is 1.99. The van der Waals surface area contributed by atoms with Gasteiger partial charge in [0, 0.05) is 30.7 Å². The molecule has 4 nitrogen and oxygen atoms in total. The van der Waals surface area contributed by atoms with Crippen LogP contribution in [0.1, 0.15) is 16.7 Å². The number of hydrogen-bond donors (Lipinski definition) is 1. The van der Waals surface area contributed by atoms with Crippen LogP contribution in [-0.4, -0.2) is 15.5 Å². The first-order valence-corrected chi connectivity index (χ1v) is 7.80. The van der Waals surface area contributed by atoms with Crippen LogP contribution in [0.3, 0.4) is 0 Å². The molecule has 0 saturated carbocycles. The number of hydrogen-bond acceptors (Lipinski definition) is 2. The second-order valence-electron chi connectivity index (χ2n) is 5.60. The fourth-order valence-corrected chi connectivity index (χ4v) is 2.30. The minimum absolute atomic E-state index is 0.103. The molecule has 1 heterocycles. The van der Waals surface area contributed by atoms with Crippen LogP contribution < -0.4 is 5.32 Å². The minimum atomic E-state index is -0.103. The maximum Gasteiger partial charge on any atom is 0.244 e.